The van der Waals surface area contributed by atoms with Crippen molar-refractivity contribution in [3.63, 3.8) is 0 Å². The van der Waals surface area contributed by atoms with Gasteiger partial charge in [-0.2, -0.15) is 0 Å². The third-order valence-electron chi connectivity index (χ3n) is 6.38. The lowest BCUT2D eigenvalue weighted by Crippen LogP contribution is -2.49. The maximum Gasteiger partial charge on any atom is 0.330 e. The molecular formula is C28H29N5O3. The van der Waals surface area contributed by atoms with E-state index in [1.807, 2.05) is 53.2 Å². The van der Waals surface area contributed by atoms with Crippen LogP contribution in [0.15, 0.2) is 91.0 Å². The lowest BCUT2D eigenvalue weighted by Gasteiger charge is -2.40. The first-order chi connectivity index (χ1) is 17.7. The van der Waals surface area contributed by atoms with Crippen LogP contribution in [0.5, 0.6) is 5.75 Å². The van der Waals surface area contributed by atoms with Crippen LogP contribution in [0.25, 0.3) is 11.0 Å². The van der Waals surface area contributed by atoms with Crippen molar-refractivity contribution in [1.82, 2.24) is 19.9 Å². The van der Waals surface area contributed by atoms with Crippen molar-refractivity contribution < 1.29 is 14.3 Å². The van der Waals surface area contributed by atoms with E-state index in [1.54, 1.807) is 6.08 Å². The molecule has 8 heteroatoms. The summed E-state index contributed by atoms with van der Waals surface area (Å²) in [6.45, 7) is 3.75. The maximum atomic E-state index is 11.4. The standard InChI is InChI=1S/C28H29N5O3/c1-35-27(34)16-9-21-36-26-15-8-5-12-23(26)28(33-25-14-7-6-13-24(25)29-30-33)32-19-17-31(18-20-32)22-10-3-2-4-11-22/h2-16,28H,17-21H2,1H3/b16-9+. The molecule has 1 saturated heterocycles. The number of benzene rings is 3. The third-order valence-corrected chi connectivity index (χ3v) is 6.38. The molecule has 0 N–H and O–H groups in total. The molecular weight excluding hydrogens is 454 g/mol. The van der Waals surface area contributed by atoms with Gasteiger partial charge in [0.05, 0.1) is 12.6 Å². The Morgan fingerprint density at radius 1 is 0.944 bits per heavy atom. The molecule has 0 bridgehead atoms. The lowest BCUT2D eigenvalue weighted by molar-refractivity contribution is -0.134. The van der Waals surface area contributed by atoms with E-state index in [-0.39, 0.29) is 12.8 Å². The second-order valence-electron chi connectivity index (χ2n) is 8.53. The van der Waals surface area contributed by atoms with Crippen molar-refractivity contribution in [3.8, 4) is 5.75 Å². The number of nitrogens with zero attached hydrogens (tertiary/aromatic N) is 5. The van der Waals surface area contributed by atoms with Gasteiger partial charge in [0, 0.05) is 43.5 Å². The number of aromatic nitrogens is 3. The van der Waals surface area contributed by atoms with Gasteiger partial charge in [-0.1, -0.05) is 53.7 Å². The first kappa shape index (κ1) is 23.6. The van der Waals surface area contributed by atoms with Gasteiger partial charge in [-0.05, 0) is 36.4 Å². The highest BCUT2D eigenvalue weighted by Crippen LogP contribution is 2.33. The molecule has 1 atom stereocenters. The molecule has 3 aromatic carbocycles. The number of esters is 1. The van der Waals surface area contributed by atoms with E-state index in [1.165, 1.54) is 18.9 Å². The molecule has 1 fully saturated rings. The molecule has 2 heterocycles. The first-order valence-electron chi connectivity index (χ1n) is 12.0. The number of carbonyl (C=O) groups excluding carboxylic acids is 1. The Kier molecular flexibility index (Phi) is 7.23. The smallest absolute Gasteiger partial charge is 0.330 e. The van der Waals surface area contributed by atoms with Crippen molar-refractivity contribution >= 4 is 22.7 Å². The molecule has 0 spiro atoms. The summed E-state index contributed by atoms with van der Waals surface area (Å²) in [6, 6.07) is 26.5. The number of piperazine rings is 1. The molecule has 0 radical (unpaired) electrons. The topological polar surface area (TPSA) is 72.7 Å². The van der Waals surface area contributed by atoms with E-state index in [0.717, 1.165) is 48.5 Å². The van der Waals surface area contributed by atoms with E-state index in [2.05, 4.69) is 55.2 Å². The fourth-order valence-electron chi connectivity index (χ4n) is 4.59. The summed E-state index contributed by atoms with van der Waals surface area (Å²) in [5, 5.41) is 9.01. The predicted molar refractivity (Wildman–Crippen MR) is 139 cm³/mol. The fraction of sp³-hybridized carbons (Fsp3) is 0.250. The second-order valence-corrected chi connectivity index (χ2v) is 8.53. The van der Waals surface area contributed by atoms with Gasteiger partial charge in [-0.3, -0.25) is 4.90 Å². The van der Waals surface area contributed by atoms with Crippen LogP contribution in [0.1, 0.15) is 11.7 Å². The van der Waals surface area contributed by atoms with Gasteiger partial charge < -0.3 is 14.4 Å². The largest absolute Gasteiger partial charge is 0.489 e. The van der Waals surface area contributed by atoms with Crippen LogP contribution in [0, 0.1) is 0 Å². The minimum absolute atomic E-state index is 0.198. The molecule has 5 rings (SSSR count). The van der Waals surface area contributed by atoms with Crippen LogP contribution in [0.3, 0.4) is 0 Å². The van der Waals surface area contributed by atoms with E-state index < -0.39 is 5.97 Å². The number of anilines is 1. The highest BCUT2D eigenvalue weighted by Gasteiger charge is 2.30. The highest BCUT2D eigenvalue weighted by molar-refractivity contribution is 5.81. The van der Waals surface area contributed by atoms with Crippen molar-refractivity contribution in [2.45, 2.75) is 6.17 Å². The summed E-state index contributed by atoms with van der Waals surface area (Å²) in [7, 11) is 1.35. The maximum absolute atomic E-state index is 11.4. The van der Waals surface area contributed by atoms with Crippen molar-refractivity contribution in [2.75, 3.05) is 44.8 Å². The molecule has 1 aromatic heterocycles. The molecule has 1 aliphatic heterocycles. The Bertz CT molecular complexity index is 1330. The molecule has 0 amide bonds. The van der Waals surface area contributed by atoms with Crippen LogP contribution in [-0.2, 0) is 9.53 Å². The highest BCUT2D eigenvalue weighted by atomic mass is 16.5. The summed E-state index contributed by atoms with van der Waals surface area (Å²) < 4.78 is 12.8. The van der Waals surface area contributed by atoms with E-state index >= 15 is 0 Å². The number of hydrogen-bond donors (Lipinski definition) is 0. The molecule has 1 aliphatic rings. The Balaban J connectivity index is 1.45. The molecule has 4 aromatic rings. The van der Waals surface area contributed by atoms with Crippen molar-refractivity contribution in [2.24, 2.45) is 0 Å². The van der Waals surface area contributed by atoms with Crippen LogP contribution in [-0.4, -0.2) is 65.8 Å². The Hall–Kier alpha value is -4.17. The van der Waals surface area contributed by atoms with Gasteiger partial charge in [-0.15, -0.1) is 5.10 Å². The Morgan fingerprint density at radius 3 is 2.47 bits per heavy atom. The molecule has 184 valence electrons. The minimum Gasteiger partial charge on any atom is -0.489 e. The predicted octanol–water partition coefficient (Wildman–Crippen LogP) is 3.91. The number of ether oxygens (including phenoxy) is 2. The lowest BCUT2D eigenvalue weighted by atomic mass is 10.1. The van der Waals surface area contributed by atoms with Crippen molar-refractivity contribution in [1.29, 1.82) is 0 Å². The fourth-order valence-corrected chi connectivity index (χ4v) is 4.59. The van der Waals surface area contributed by atoms with E-state index in [4.69, 9.17) is 4.74 Å². The van der Waals surface area contributed by atoms with Crippen LogP contribution < -0.4 is 9.64 Å². The van der Waals surface area contributed by atoms with Gasteiger partial charge >= 0.3 is 5.97 Å². The first-order valence-corrected chi connectivity index (χ1v) is 12.0. The van der Waals surface area contributed by atoms with Gasteiger partial charge in [0.2, 0.25) is 0 Å². The minimum atomic E-state index is -0.407. The zero-order valence-electron chi connectivity index (χ0n) is 20.2. The Morgan fingerprint density at radius 2 is 1.67 bits per heavy atom. The molecule has 0 aliphatic carbocycles. The monoisotopic (exact) mass is 483 g/mol. The number of rotatable bonds is 8. The van der Waals surface area contributed by atoms with Crippen LogP contribution in [0.4, 0.5) is 5.69 Å². The summed E-state index contributed by atoms with van der Waals surface area (Å²) in [4.78, 5) is 16.3. The van der Waals surface area contributed by atoms with Crippen LogP contribution >= 0.6 is 0 Å². The van der Waals surface area contributed by atoms with Crippen LogP contribution in [0.2, 0.25) is 0 Å². The number of methoxy groups -OCH3 is 1. The summed E-state index contributed by atoms with van der Waals surface area (Å²) in [5.41, 5.74) is 4.05. The third kappa shape index (κ3) is 5.08. The number of para-hydroxylation sites is 3. The SMILES string of the molecule is COC(=O)/C=C/COc1ccccc1C(N1CCN(c2ccccc2)CC1)n1nnc2ccccc21. The Labute approximate surface area is 210 Å². The van der Waals surface area contributed by atoms with Gasteiger partial charge in [0.15, 0.2) is 0 Å². The quantitative estimate of drug-likeness (QED) is 0.278. The molecule has 8 nitrogen and oxygen atoms in total. The average Bonchev–Trinajstić information content (AvgIpc) is 3.36. The normalized spacial score (nSPS) is 15.3. The molecule has 0 saturated carbocycles. The average molecular weight is 484 g/mol. The van der Waals surface area contributed by atoms with E-state index in [9.17, 15) is 4.79 Å². The summed E-state index contributed by atoms with van der Waals surface area (Å²) >= 11 is 0. The van der Waals surface area contributed by atoms with Crippen molar-refractivity contribution in [3.05, 3.63) is 96.6 Å². The molecule has 36 heavy (non-hydrogen) atoms. The zero-order chi connectivity index (χ0) is 24.7. The van der Waals surface area contributed by atoms with Gasteiger partial charge in [0.1, 0.15) is 24.0 Å². The summed E-state index contributed by atoms with van der Waals surface area (Å²) in [5.74, 6) is 0.331. The second kappa shape index (κ2) is 11.0. The number of hydrogen-bond acceptors (Lipinski definition) is 7. The summed E-state index contributed by atoms with van der Waals surface area (Å²) in [6.07, 6.45) is 2.82. The van der Waals surface area contributed by atoms with Gasteiger partial charge in [0.25, 0.3) is 0 Å². The van der Waals surface area contributed by atoms with Gasteiger partial charge in [-0.25, -0.2) is 9.48 Å². The number of fused-ring (bicyclic) bond motifs is 1. The number of carbonyl (C=O) groups is 1. The zero-order valence-corrected chi connectivity index (χ0v) is 20.2. The molecule has 1 unspecified atom stereocenters. The van der Waals surface area contributed by atoms with E-state index in [0.29, 0.717) is 0 Å².